The maximum absolute atomic E-state index is 4.61. The van der Waals surface area contributed by atoms with Gasteiger partial charge in [0.25, 0.3) is 0 Å². The van der Waals surface area contributed by atoms with Gasteiger partial charge in [-0.2, -0.15) is 5.10 Å². The summed E-state index contributed by atoms with van der Waals surface area (Å²) in [6.45, 7) is 2.10. The van der Waals surface area contributed by atoms with Crippen molar-refractivity contribution in [3.8, 4) is 33.6 Å². The molecule has 144 valence electrons. The van der Waals surface area contributed by atoms with Gasteiger partial charge in [0.05, 0.1) is 12.2 Å². The molecule has 0 spiro atoms. The molecule has 1 aliphatic heterocycles. The standard InChI is InChI=1S/C23H22N6/c1-2-18(17-4-8-24-9-5-17)12-19(3-1)23-26-13-20(14-27-23)21-15-28-29(16-21)22-6-10-25-11-7-22/h1-5,8-9,12-16,22,25H,6-7,10-11H2. The van der Waals surface area contributed by atoms with Crippen molar-refractivity contribution in [1.29, 1.82) is 0 Å². The molecule has 0 unspecified atom stereocenters. The highest BCUT2D eigenvalue weighted by Gasteiger charge is 2.16. The molecule has 1 aromatic carbocycles. The topological polar surface area (TPSA) is 68.5 Å². The Bertz CT molecular complexity index is 1080. The zero-order valence-corrected chi connectivity index (χ0v) is 16.1. The molecule has 6 nitrogen and oxygen atoms in total. The van der Waals surface area contributed by atoms with Gasteiger partial charge in [-0.1, -0.05) is 18.2 Å². The molecule has 1 N–H and O–H groups in total. The third-order valence-corrected chi connectivity index (χ3v) is 5.40. The molecule has 4 aromatic rings. The summed E-state index contributed by atoms with van der Waals surface area (Å²) in [5.41, 5.74) is 5.29. The van der Waals surface area contributed by atoms with Gasteiger partial charge in [0.1, 0.15) is 0 Å². The maximum atomic E-state index is 4.61. The fourth-order valence-electron chi connectivity index (χ4n) is 3.77. The summed E-state index contributed by atoms with van der Waals surface area (Å²) in [4.78, 5) is 13.3. The second-order valence-electron chi connectivity index (χ2n) is 7.30. The molecule has 0 atom stereocenters. The first-order chi connectivity index (χ1) is 14.4. The average Bonchev–Trinajstić information content (AvgIpc) is 3.31. The van der Waals surface area contributed by atoms with Crippen LogP contribution >= 0.6 is 0 Å². The molecule has 5 rings (SSSR count). The van der Waals surface area contributed by atoms with Gasteiger partial charge in [-0.3, -0.25) is 9.67 Å². The highest BCUT2D eigenvalue weighted by molar-refractivity contribution is 5.70. The largest absolute Gasteiger partial charge is 0.317 e. The highest BCUT2D eigenvalue weighted by atomic mass is 15.3. The molecular weight excluding hydrogens is 360 g/mol. The summed E-state index contributed by atoms with van der Waals surface area (Å²) in [5, 5.41) is 7.97. The Morgan fingerprint density at radius 3 is 2.34 bits per heavy atom. The van der Waals surface area contributed by atoms with Crippen LogP contribution in [0.3, 0.4) is 0 Å². The lowest BCUT2D eigenvalue weighted by molar-refractivity contribution is 0.343. The molecule has 0 radical (unpaired) electrons. The minimum Gasteiger partial charge on any atom is -0.317 e. The summed E-state index contributed by atoms with van der Waals surface area (Å²) in [7, 11) is 0. The van der Waals surface area contributed by atoms with E-state index in [1.807, 2.05) is 42.9 Å². The summed E-state index contributed by atoms with van der Waals surface area (Å²) >= 11 is 0. The van der Waals surface area contributed by atoms with Crippen molar-refractivity contribution in [2.45, 2.75) is 18.9 Å². The van der Waals surface area contributed by atoms with Crippen LogP contribution in [-0.2, 0) is 0 Å². The molecule has 6 heteroatoms. The van der Waals surface area contributed by atoms with Crippen molar-refractivity contribution in [3.63, 3.8) is 0 Å². The van der Waals surface area contributed by atoms with Crippen molar-refractivity contribution in [2.75, 3.05) is 13.1 Å². The minimum absolute atomic E-state index is 0.473. The molecule has 0 amide bonds. The van der Waals surface area contributed by atoms with Crippen molar-refractivity contribution in [2.24, 2.45) is 0 Å². The van der Waals surface area contributed by atoms with E-state index in [1.165, 1.54) is 0 Å². The summed E-state index contributed by atoms with van der Waals surface area (Å²) < 4.78 is 2.09. The fraction of sp³-hybridized carbons (Fsp3) is 0.217. The number of hydrogen-bond donors (Lipinski definition) is 1. The Labute approximate surface area is 169 Å². The van der Waals surface area contributed by atoms with Crippen LogP contribution in [0.5, 0.6) is 0 Å². The fourth-order valence-corrected chi connectivity index (χ4v) is 3.77. The summed E-state index contributed by atoms with van der Waals surface area (Å²) in [5.74, 6) is 0.718. The quantitative estimate of drug-likeness (QED) is 0.578. The smallest absolute Gasteiger partial charge is 0.159 e. The Kier molecular flexibility index (Phi) is 4.84. The van der Waals surface area contributed by atoms with Crippen molar-refractivity contribution < 1.29 is 0 Å². The van der Waals surface area contributed by atoms with E-state index in [0.29, 0.717) is 6.04 Å². The molecular formula is C23H22N6. The Morgan fingerprint density at radius 2 is 1.55 bits per heavy atom. The Balaban J connectivity index is 1.38. The number of pyridine rings is 1. The number of aromatic nitrogens is 5. The van der Waals surface area contributed by atoms with E-state index >= 15 is 0 Å². The van der Waals surface area contributed by atoms with Crippen LogP contribution in [0.2, 0.25) is 0 Å². The number of nitrogens with zero attached hydrogens (tertiary/aromatic N) is 5. The van der Waals surface area contributed by atoms with Gasteiger partial charge >= 0.3 is 0 Å². The van der Waals surface area contributed by atoms with Gasteiger partial charge in [0, 0.05) is 47.7 Å². The van der Waals surface area contributed by atoms with Gasteiger partial charge < -0.3 is 5.32 Å². The Hall–Kier alpha value is -3.38. The van der Waals surface area contributed by atoms with Gasteiger partial charge in [-0.15, -0.1) is 0 Å². The van der Waals surface area contributed by atoms with Crippen LogP contribution < -0.4 is 5.32 Å². The zero-order valence-electron chi connectivity index (χ0n) is 16.1. The van der Waals surface area contributed by atoms with E-state index in [1.54, 1.807) is 12.4 Å². The second kappa shape index (κ2) is 7.93. The first-order valence-electron chi connectivity index (χ1n) is 9.95. The van der Waals surface area contributed by atoms with Gasteiger partial charge in [-0.25, -0.2) is 9.97 Å². The van der Waals surface area contributed by atoms with Gasteiger partial charge in [0.2, 0.25) is 0 Å². The molecule has 0 aliphatic carbocycles. The molecule has 4 heterocycles. The molecule has 3 aromatic heterocycles. The van der Waals surface area contributed by atoms with Crippen LogP contribution in [0.25, 0.3) is 33.6 Å². The normalized spacial score (nSPS) is 14.8. The monoisotopic (exact) mass is 382 g/mol. The number of rotatable bonds is 4. The third kappa shape index (κ3) is 3.79. The predicted octanol–water partition coefficient (Wildman–Crippen LogP) is 3.99. The molecule has 0 saturated carbocycles. The second-order valence-corrected chi connectivity index (χ2v) is 7.30. The zero-order chi connectivity index (χ0) is 19.5. The number of benzene rings is 1. The van der Waals surface area contributed by atoms with Crippen LogP contribution in [-0.4, -0.2) is 37.8 Å². The van der Waals surface area contributed by atoms with Gasteiger partial charge in [0.15, 0.2) is 5.82 Å². The molecule has 1 fully saturated rings. The summed E-state index contributed by atoms with van der Waals surface area (Å²) in [6, 6.07) is 12.7. The number of piperidine rings is 1. The van der Waals surface area contributed by atoms with Gasteiger partial charge in [-0.05, 0) is 55.3 Å². The third-order valence-electron chi connectivity index (χ3n) is 5.40. The van der Waals surface area contributed by atoms with E-state index in [2.05, 4.69) is 48.4 Å². The van der Waals surface area contributed by atoms with Crippen LogP contribution in [0.15, 0.2) is 73.6 Å². The van der Waals surface area contributed by atoms with E-state index in [-0.39, 0.29) is 0 Å². The lowest BCUT2D eigenvalue weighted by Gasteiger charge is -2.22. The van der Waals surface area contributed by atoms with E-state index in [4.69, 9.17) is 0 Å². The lowest BCUT2D eigenvalue weighted by Crippen LogP contribution is -2.29. The van der Waals surface area contributed by atoms with Crippen LogP contribution in [0, 0.1) is 0 Å². The molecule has 1 aliphatic rings. The minimum atomic E-state index is 0.473. The van der Waals surface area contributed by atoms with Crippen LogP contribution in [0.4, 0.5) is 0 Å². The molecule has 0 bridgehead atoms. The molecule has 29 heavy (non-hydrogen) atoms. The first kappa shape index (κ1) is 17.7. The first-order valence-corrected chi connectivity index (χ1v) is 9.95. The highest BCUT2D eigenvalue weighted by Crippen LogP contribution is 2.26. The lowest BCUT2D eigenvalue weighted by atomic mass is 10.0. The van der Waals surface area contributed by atoms with Crippen molar-refractivity contribution in [3.05, 3.63) is 73.6 Å². The predicted molar refractivity (Wildman–Crippen MR) is 113 cm³/mol. The molecule has 1 saturated heterocycles. The maximum Gasteiger partial charge on any atom is 0.159 e. The number of hydrogen-bond acceptors (Lipinski definition) is 5. The SMILES string of the molecule is c1cc(-c2ccncc2)cc(-c2ncc(-c3cnn(C4CCNCC4)c3)cn2)c1. The van der Waals surface area contributed by atoms with Crippen molar-refractivity contribution in [1.82, 2.24) is 30.0 Å². The van der Waals surface area contributed by atoms with E-state index in [0.717, 1.165) is 59.6 Å². The number of nitrogens with one attached hydrogen (secondary N) is 1. The van der Waals surface area contributed by atoms with Crippen LogP contribution in [0.1, 0.15) is 18.9 Å². The van der Waals surface area contributed by atoms with E-state index in [9.17, 15) is 0 Å². The summed E-state index contributed by atoms with van der Waals surface area (Å²) in [6.07, 6.45) is 13.6. The van der Waals surface area contributed by atoms with Crippen molar-refractivity contribution >= 4 is 0 Å². The average molecular weight is 382 g/mol. The Morgan fingerprint density at radius 1 is 0.793 bits per heavy atom. The van der Waals surface area contributed by atoms with E-state index < -0.39 is 0 Å².